The topological polar surface area (TPSA) is 28.2 Å². The Hall–Kier alpha value is -1.94. The van der Waals surface area contributed by atoms with E-state index in [9.17, 15) is 4.39 Å². The monoisotopic (exact) mass is 297 g/mol. The van der Waals surface area contributed by atoms with Crippen LogP contribution in [0.4, 0.5) is 10.1 Å². The number of anilines is 1. The van der Waals surface area contributed by atoms with E-state index in [0.29, 0.717) is 6.04 Å². The zero-order chi connectivity index (χ0) is 15.1. The van der Waals surface area contributed by atoms with Gasteiger partial charge in [0, 0.05) is 37.4 Å². The fourth-order valence-corrected chi connectivity index (χ4v) is 3.74. The molecule has 2 saturated heterocycles. The zero-order valence-corrected chi connectivity index (χ0v) is 12.7. The molecule has 2 aliphatic heterocycles. The highest BCUT2D eigenvalue weighted by molar-refractivity contribution is 5.70. The first kappa shape index (κ1) is 13.7. The molecular weight excluding hydrogens is 277 g/mol. The molecule has 1 aromatic carbocycles. The molecule has 114 valence electrons. The highest BCUT2D eigenvalue weighted by Crippen LogP contribution is 2.30. The Bertz CT molecular complexity index is 688. The van der Waals surface area contributed by atoms with E-state index < -0.39 is 0 Å². The molecule has 0 radical (unpaired) electrons. The van der Waals surface area contributed by atoms with Crippen LogP contribution in [0.2, 0.25) is 0 Å². The van der Waals surface area contributed by atoms with Crippen molar-refractivity contribution in [3.05, 3.63) is 48.0 Å². The minimum Gasteiger partial charge on any atom is -0.368 e. The van der Waals surface area contributed by atoms with Crippen molar-refractivity contribution < 1.29 is 4.39 Å². The summed E-state index contributed by atoms with van der Waals surface area (Å²) < 4.78 is 13.3. The largest absolute Gasteiger partial charge is 0.368 e. The fourth-order valence-electron chi connectivity index (χ4n) is 3.74. The first-order chi connectivity index (χ1) is 10.7. The zero-order valence-electron chi connectivity index (χ0n) is 12.7. The second-order valence-electron chi connectivity index (χ2n) is 6.50. The van der Waals surface area contributed by atoms with Gasteiger partial charge in [-0.3, -0.25) is 4.98 Å². The fraction of sp³-hybridized carbons (Fsp3) is 0.389. The van der Waals surface area contributed by atoms with Crippen LogP contribution in [0, 0.1) is 18.7 Å². The predicted octanol–water partition coefficient (Wildman–Crippen LogP) is 2.99. The molecule has 3 heterocycles. The minimum atomic E-state index is -0.191. The van der Waals surface area contributed by atoms with Crippen LogP contribution in [0.5, 0.6) is 0 Å². The van der Waals surface area contributed by atoms with Gasteiger partial charge in [-0.1, -0.05) is 6.07 Å². The van der Waals surface area contributed by atoms with E-state index in [1.54, 1.807) is 6.07 Å². The molecule has 4 rings (SSSR count). The van der Waals surface area contributed by atoms with Gasteiger partial charge < -0.3 is 10.2 Å². The van der Waals surface area contributed by atoms with Crippen molar-refractivity contribution in [1.82, 2.24) is 10.3 Å². The maximum atomic E-state index is 13.3. The summed E-state index contributed by atoms with van der Waals surface area (Å²) in [6, 6.07) is 7.72. The number of hydrogen-bond acceptors (Lipinski definition) is 3. The lowest BCUT2D eigenvalue weighted by Gasteiger charge is -2.33. The number of pyridine rings is 1. The van der Waals surface area contributed by atoms with Gasteiger partial charge in [0.2, 0.25) is 0 Å². The van der Waals surface area contributed by atoms with Crippen molar-refractivity contribution in [3.8, 4) is 11.1 Å². The van der Waals surface area contributed by atoms with E-state index in [0.717, 1.165) is 42.2 Å². The Balaban J connectivity index is 1.65. The van der Waals surface area contributed by atoms with Gasteiger partial charge in [-0.15, -0.1) is 0 Å². The van der Waals surface area contributed by atoms with Crippen LogP contribution >= 0.6 is 0 Å². The third kappa shape index (κ3) is 2.48. The summed E-state index contributed by atoms with van der Waals surface area (Å²) in [5, 5.41) is 3.58. The van der Waals surface area contributed by atoms with Crippen molar-refractivity contribution in [2.24, 2.45) is 5.92 Å². The van der Waals surface area contributed by atoms with E-state index in [1.807, 2.05) is 25.4 Å². The molecule has 0 amide bonds. The SMILES string of the molecule is Cc1cc(F)ccc1-c1cncc(N2CC3CNC(C3)C2)c1. The van der Waals surface area contributed by atoms with Crippen LogP contribution in [0.25, 0.3) is 11.1 Å². The number of nitrogens with one attached hydrogen (secondary N) is 1. The van der Waals surface area contributed by atoms with Crippen molar-refractivity contribution >= 4 is 5.69 Å². The van der Waals surface area contributed by atoms with Gasteiger partial charge in [0.15, 0.2) is 0 Å². The summed E-state index contributed by atoms with van der Waals surface area (Å²) in [6.45, 7) is 5.21. The highest BCUT2D eigenvalue weighted by Gasteiger charge is 2.32. The number of halogens is 1. The number of piperidine rings is 1. The normalized spacial score (nSPS) is 23.8. The number of fused-ring (bicyclic) bond motifs is 2. The van der Waals surface area contributed by atoms with Gasteiger partial charge in [-0.2, -0.15) is 0 Å². The second-order valence-corrected chi connectivity index (χ2v) is 6.50. The van der Waals surface area contributed by atoms with Crippen LogP contribution in [-0.2, 0) is 0 Å². The van der Waals surface area contributed by atoms with E-state index in [4.69, 9.17) is 0 Å². The lowest BCUT2D eigenvalue weighted by Crippen LogP contribution is -2.41. The second kappa shape index (κ2) is 5.36. The maximum absolute atomic E-state index is 13.3. The predicted molar refractivity (Wildman–Crippen MR) is 86.5 cm³/mol. The third-order valence-electron chi connectivity index (χ3n) is 4.82. The summed E-state index contributed by atoms with van der Waals surface area (Å²) in [5.41, 5.74) is 4.22. The van der Waals surface area contributed by atoms with E-state index >= 15 is 0 Å². The standard InChI is InChI=1S/C18H20FN3/c1-12-4-15(19)2-3-18(12)14-6-17(9-20-8-14)22-10-13-5-16(11-22)21-7-13/h2-4,6,8-9,13,16,21H,5,7,10-11H2,1H3. The number of hydrogen-bond donors (Lipinski definition) is 1. The molecule has 1 aromatic heterocycles. The van der Waals surface area contributed by atoms with Crippen LogP contribution < -0.4 is 10.2 Å². The Labute approximate surface area is 130 Å². The van der Waals surface area contributed by atoms with Gasteiger partial charge in [0.05, 0.1) is 11.9 Å². The van der Waals surface area contributed by atoms with Crippen LogP contribution in [-0.4, -0.2) is 30.7 Å². The summed E-state index contributed by atoms with van der Waals surface area (Å²) in [4.78, 5) is 6.84. The molecule has 22 heavy (non-hydrogen) atoms. The van der Waals surface area contributed by atoms with Crippen molar-refractivity contribution in [3.63, 3.8) is 0 Å². The lowest BCUT2D eigenvalue weighted by molar-refractivity contribution is 0.474. The first-order valence-corrected chi connectivity index (χ1v) is 7.89. The van der Waals surface area contributed by atoms with Crippen LogP contribution in [0.1, 0.15) is 12.0 Å². The van der Waals surface area contributed by atoms with Gasteiger partial charge in [0.1, 0.15) is 5.82 Å². The number of aryl methyl sites for hydroxylation is 1. The number of aromatic nitrogens is 1. The molecule has 2 aliphatic rings. The minimum absolute atomic E-state index is 0.191. The average Bonchev–Trinajstić information content (AvgIpc) is 2.86. The average molecular weight is 297 g/mol. The van der Waals surface area contributed by atoms with E-state index in [-0.39, 0.29) is 5.82 Å². The Kier molecular flexibility index (Phi) is 3.34. The smallest absolute Gasteiger partial charge is 0.123 e. The molecule has 2 fully saturated rings. The van der Waals surface area contributed by atoms with Crippen LogP contribution in [0.3, 0.4) is 0 Å². The molecule has 4 heteroatoms. The first-order valence-electron chi connectivity index (χ1n) is 7.89. The van der Waals surface area contributed by atoms with Crippen molar-refractivity contribution in [1.29, 1.82) is 0 Å². The summed E-state index contributed by atoms with van der Waals surface area (Å²) >= 11 is 0. The maximum Gasteiger partial charge on any atom is 0.123 e. The molecule has 0 saturated carbocycles. The van der Waals surface area contributed by atoms with Gasteiger partial charge in [0.25, 0.3) is 0 Å². The Morgan fingerprint density at radius 3 is 2.95 bits per heavy atom. The molecule has 0 aliphatic carbocycles. The molecule has 2 atom stereocenters. The number of rotatable bonds is 2. The molecule has 2 unspecified atom stereocenters. The number of benzene rings is 1. The summed E-state index contributed by atoms with van der Waals surface area (Å²) in [7, 11) is 0. The molecular formula is C18H20FN3. The van der Waals surface area contributed by atoms with Gasteiger partial charge in [-0.05, 0) is 48.6 Å². The Morgan fingerprint density at radius 1 is 1.23 bits per heavy atom. The molecule has 2 bridgehead atoms. The summed E-state index contributed by atoms with van der Waals surface area (Å²) in [5.74, 6) is 0.555. The molecule has 1 N–H and O–H groups in total. The summed E-state index contributed by atoms with van der Waals surface area (Å²) in [6.07, 6.45) is 5.09. The van der Waals surface area contributed by atoms with Crippen molar-refractivity contribution in [2.75, 3.05) is 24.5 Å². The molecule has 3 nitrogen and oxygen atoms in total. The highest BCUT2D eigenvalue weighted by atomic mass is 19.1. The number of nitrogens with zero attached hydrogens (tertiary/aromatic N) is 2. The molecule has 2 aromatic rings. The lowest BCUT2D eigenvalue weighted by atomic mass is 9.98. The van der Waals surface area contributed by atoms with Crippen molar-refractivity contribution in [2.45, 2.75) is 19.4 Å². The third-order valence-corrected chi connectivity index (χ3v) is 4.82. The quantitative estimate of drug-likeness (QED) is 0.923. The van der Waals surface area contributed by atoms with Gasteiger partial charge >= 0.3 is 0 Å². The Morgan fingerprint density at radius 2 is 2.14 bits per heavy atom. The van der Waals surface area contributed by atoms with Gasteiger partial charge in [-0.25, -0.2) is 4.39 Å². The van der Waals surface area contributed by atoms with E-state index in [1.165, 1.54) is 18.2 Å². The van der Waals surface area contributed by atoms with E-state index in [2.05, 4.69) is 21.3 Å². The van der Waals surface area contributed by atoms with Crippen LogP contribution in [0.15, 0.2) is 36.7 Å². The molecule has 0 spiro atoms.